The van der Waals surface area contributed by atoms with Gasteiger partial charge in [0.1, 0.15) is 0 Å². The molecule has 1 heterocycles. The van der Waals surface area contributed by atoms with Crippen molar-refractivity contribution in [2.75, 3.05) is 6.54 Å². The highest BCUT2D eigenvalue weighted by Crippen LogP contribution is 2.30. The number of rotatable bonds is 5. The van der Waals surface area contributed by atoms with Gasteiger partial charge < -0.3 is 10.3 Å². The SMILES string of the molecule is CC(C)(CN)c1nc(CSC2CCCCC2)no1. The summed E-state index contributed by atoms with van der Waals surface area (Å²) in [5, 5.41) is 4.83. The molecule has 0 bridgehead atoms. The molecule has 0 unspecified atom stereocenters. The molecule has 1 fully saturated rings. The molecule has 1 aliphatic rings. The Kier molecular flexibility index (Phi) is 4.67. The summed E-state index contributed by atoms with van der Waals surface area (Å²) in [6.45, 7) is 4.57. The summed E-state index contributed by atoms with van der Waals surface area (Å²) >= 11 is 1.97. The van der Waals surface area contributed by atoms with Crippen molar-refractivity contribution in [3.05, 3.63) is 11.7 Å². The van der Waals surface area contributed by atoms with Gasteiger partial charge >= 0.3 is 0 Å². The molecule has 2 N–H and O–H groups in total. The highest BCUT2D eigenvalue weighted by molar-refractivity contribution is 7.99. The van der Waals surface area contributed by atoms with Crippen LogP contribution in [-0.2, 0) is 11.2 Å². The number of nitrogens with zero attached hydrogens (tertiary/aromatic N) is 2. The van der Waals surface area contributed by atoms with E-state index in [1.54, 1.807) is 0 Å². The standard InChI is InChI=1S/C13H23N3OS/c1-13(2,9-14)12-15-11(16-17-12)8-18-10-6-4-3-5-7-10/h10H,3-9,14H2,1-2H3. The Morgan fingerprint density at radius 3 is 2.72 bits per heavy atom. The van der Waals surface area contributed by atoms with Gasteiger partial charge in [0.05, 0.1) is 11.2 Å². The molecule has 0 amide bonds. The summed E-state index contributed by atoms with van der Waals surface area (Å²) in [5.74, 6) is 2.32. The molecule has 1 aromatic rings. The molecule has 4 nitrogen and oxygen atoms in total. The van der Waals surface area contributed by atoms with Gasteiger partial charge in [0, 0.05) is 11.8 Å². The van der Waals surface area contributed by atoms with Crippen molar-refractivity contribution < 1.29 is 4.52 Å². The molecule has 0 radical (unpaired) electrons. The third-order valence-corrected chi connectivity index (χ3v) is 4.93. The lowest BCUT2D eigenvalue weighted by atomic mass is 9.94. The summed E-state index contributed by atoms with van der Waals surface area (Å²) in [7, 11) is 0. The highest BCUT2D eigenvalue weighted by Gasteiger charge is 2.26. The lowest BCUT2D eigenvalue weighted by molar-refractivity contribution is 0.309. The molecule has 1 aliphatic carbocycles. The Bertz CT molecular complexity index is 372. The molecule has 102 valence electrons. The normalized spacial score (nSPS) is 18.2. The highest BCUT2D eigenvalue weighted by atomic mass is 32.2. The summed E-state index contributed by atoms with van der Waals surface area (Å²) in [6.07, 6.45) is 6.81. The predicted octanol–water partition coefficient (Wildman–Crippen LogP) is 2.87. The van der Waals surface area contributed by atoms with Crippen LogP contribution in [0.5, 0.6) is 0 Å². The topological polar surface area (TPSA) is 64.9 Å². The Balaban J connectivity index is 1.86. The number of thioether (sulfide) groups is 1. The van der Waals surface area contributed by atoms with E-state index < -0.39 is 0 Å². The van der Waals surface area contributed by atoms with Gasteiger partial charge in [-0.3, -0.25) is 0 Å². The van der Waals surface area contributed by atoms with Crippen LogP contribution in [0.4, 0.5) is 0 Å². The maximum absolute atomic E-state index is 5.71. The van der Waals surface area contributed by atoms with Gasteiger partial charge in [-0.25, -0.2) is 0 Å². The van der Waals surface area contributed by atoms with Gasteiger partial charge in [-0.1, -0.05) is 24.4 Å². The first-order valence-corrected chi connectivity index (χ1v) is 7.81. The minimum Gasteiger partial charge on any atom is -0.339 e. The van der Waals surface area contributed by atoms with E-state index in [1.807, 2.05) is 25.6 Å². The fourth-order valence-electron chi connectivity index (χ4n) is 2.10. The number of nitrogens with two attached hydrogens (primary N) is 1. The fraction of sp³-hybridized carbons (Fsp3) is 0.846. The molecule has 0 spiro atoms. The van der Waals surface area contributed by atoms with E-state index in [1.165, 1.54) is 32.1 Å². The summed E-state index contributed by atoms with van der Waals surface area (Å²) in [5.41, 5.74) is 5.48. The molecule has 0 aromatic carbocycles. The van der Waals surface area contributed by atoms with Crippen molar-refractivity contribution in [2.45, 2.75) is 62.4 Å². The maximum Gasteiger partial charge on any atom is 0.233 e. The lowest BCUT2D eigenvalue weighted by Crippen LogP contribution is -2.28. The molecule has 1 aromatic heterocycles. The lowest BCUT2D eigenvalue weighted by Gasteiger charge is -2.20. The van der Waals surface area contributed by atoms with Crippen molar-refractivity contribution >= 4 is 11.8 Å². The molecule has 2 rings (SSSR count). The third-order valence-electron chi connectivity index (χ3n) is 3.56. The van der Waals surface area contributed by atoms with Crippen molar-refractivity contribution in [3.8, 4) is 0 Å². The third kappa shape index (κ3) is 3.48. The zero-order valence-electron chi connectivity index (χ0n) is 11.3. The van der Waals surface area contributed by atoms with Crippen molar-refractivity contribution in [1.82, 2.24) is 10.1 Å². The molecule has 0 aliphatic heterocycles. The molecular formula is C13H23N3OS. The summed E-state index contributed by atoms with van der Waals surface area (Å²) in [4.78, 5) is 4.46. The number of hydrogen-bond acceptors (Lipinski definition) is 5. The molecule has 1 saturated carbocycles. The first-order chi connectivity index (χ1) is 8.62. The van der Waals surface area contributed by atoms with E-state index in [-0.39, 0.29) is 5.41 Å². The zero-order chi connectivity index (χ0) is 13.0. The van der Waals surface area contributed by atoms with Crippen LogP contribution >= 0.6 is 11.8 Å². The van der Waals surface area contributed by atoms with Crippen LogP contribution in [0.25, 0.3) is 0 Å². The Morgan fingerprint density at radius 1 is 1.33 bits per heavy atom. The van der Waals surface area contributed by atoms with Crippen molar-refractivity contribution in [3.63, 3.8) is 0 Å². The van der Waals surface area contributed by atoms with Crippen molar-refractivity contribution in [1.29, 1.82) is 0 Å². The molecule has 5 heteroatoms. The van der Waals surface area contributed by atoms with Gasteiger partial charge in [0.25, 0.3) is 0 Å². The van der Waals surface area contributed by atoms with Gasteiger partial charge in [-0.2, -0.15) is 16.7 Å². The summed E-state index contributed by atoms with van der Waals surface area (Å²) < 4.78 is 5.31. The fourth-order valence-corrected chi connectivity index (χ4v) is 3.27. The van der Waals surface area contributed by atoms with E-state index in [2.05, 4.69) is 10.1 Å². The minimum absolute atomic E-state index is 0.221. The first kappa shape index (κ1) is 13.9. The Morgan fingerprint density at radius 2 is 2.06 bits per heavy atom. The van der Waals surface area contributed by atoms with Gasteiger partial charge in [0.2, 0.25) is 5.89 Å². The second-order valence-corrected chi connectivity index (χ2v) is 6.96. The molecule has 0 atom stereocenters. The van der Waals surface area contributed by atoms with E-state index in [0.717, 1.165) is 16.8 Å². The minimum atomic E-state index is -0.221. The summed E-state index contributed by atoms with van der Waals surface area (Å²) in [6, 6.07) is 0. The van der Waals surface area contributed by atoms with Crippen LogP contribution in [-0.4, -0.2) is 21.9 Å². The Labute approximate surface area is 113 Å². The quantitative estimate of drug-likeness (QED) is 0.890. The van der Waals surface area contributed by atoms with Crippen LogP contribution in [0.1, 0.15) is 57.7 Å². The Hall–Kier alpha value is -0.550. The van der Waals surface area contributed by atoms with Crippen molar-refractivity contribution in [2.24, 2.45) is 5.73 Å². The molecule has 18 heavy (non-hydrogen) atoms. The van der Waals surface area contributed by atoms with E-state index in [9.17, 15) is 0 Å². The van der Waals surface area contributed by atoms with Crippen LogP contribution < -0.4 is 5.73 Å². The molecular weight excluding hydrogens is 246 g/mol. The van der Waals surface area contributed by atoms with E-state index in [4.69, 9.17) is 10.3 Å². The predicted molar refractivity (Wildman–Crippen MR) is 74.5 cm³/mol. The smallest absolute Gasteiger partial charge is 0.233 e. The maximum atomic E-state index is 5.71. The molecule has 0 saturated heterocycles. The largest absolute Gasteiger partial charge is 0.339 e. The number of hydrogen-bond donors (Lipinski definition) is 1. The van der Waals surface area contributed by atoms with Gasteiger partial charge in [-0.15, -0.1) is 0 Å². The average Bonchev–Trinajstić information content (AvgIpc) is 2.87. The van der Waals surface area contributed by atoms with Crippen LogP contribution in [0.2, 0.25) is 0 Å². The van der Waals surface area contributed by atoms with Gasteiger partial charge in [-0.05, 0) is 26.7 Å². The van der Waals surface area contributed by atoms with Gasteiger partial charge in [0.15, 0.2) is 5.82 Å². The zero-order valence-corrected chi connectivity index (χ0v) is 12.1. The van der Waals surface area contributed by atoms with Crippen LogP contribution in [0.3, 0.4) is 0 Å². The van der Waals surface area contributed by atoms with Crippen LogP contribution in [0, 0.1) is 0 Å². The second kappa shape index (κ2) is 6.06. The second-order valence-electron chi connectivity index (χ2n) is 5.67. The number of aromatic nitrogens is 2. The van der Waals surface area contributed by atoms with E-state index in [0.29, 0.717) is 12.4 Å². The average molecular weight is 269 g/mol. The van der Waals surface area contributed by atoms with E-state index >= 15 is 0 Å². The first-order valence-electron chi connectivity index (χ1n) is 6.76. The monoisotopic (exact) mass is 269 g/mol. The van der Waals surface area contributed by atoms with Crippen LogP contribution in [0.15, 0.2) is 4.52 Å².